The second kappa shape index (κ2) is 13.1. The van der Waals surface area contributed by atoms with E-state index in [1.54, 1.807) is 10.8 Å². The van der Waals surface area contributed by atoms with Crippen molar-refractivity contribution in [2.45, 2.75) is 59.4 Å². The van der Waals surface area contributed by atoms with Gasteiger partial charge in [0, 0.05) is 35.8 Å². The van der Waals surface area contributed by atoms with Crippen molar-refractivity contribution in [2.24, 2.45) is 16.8 Å². The average molecular weight is 438 g/mol. The molecule has 0 atom stereocenters. The molecule has 1 aromatic carbocycles. The molecule has 172 valence electrons. The molecule has 0 aliphatic heterocycles. The summed E-state index contributed by atoms with van der Waals surface area (Å²) in [7, 11) is 0. The van der Waals surface area contributed by atoms with E-state index in [0.717, 1.165) is 54.7 Å². The van der Waals surface area contributed by atoms with Gasteiger partial charge in [-0.25, -0.2) is 10.6 Å². The Bertz CT molecular complexity index is 1040. The maximum absolute atomic E-state index is 11.4. The van der Waals surface area contributed by atoms with Crippen LogP contribution in [0.5, 0.6) is 0 Å². The number of H-pyrrole nitrogens is 1. The Hall–Kier alpha value is -3.39. The summed E-state index contributed by atoms with van der Waals surface area (Å²) < 4.78 is 1.79. The summed E-state index contributed by atoms with van der Waals surface area (Å²) >= 11 is 0. The number of hydrogen-bond acceptors (Lipinski definition) is 5. The number of rotatable bonds is 8. The van der Waals surface area contributed by atoms with Crippen molar-refractivity contribution in [3.05, 3.63) is 76.1 Å². The van der Waals surface area contributed by atoms with E-state index in [4.69, 9.17) is 11.7 Å². The number of nitrogens with two attached hydrogens (primary N) is 2. The number of hydrazine groups is 1. The number of pyridine rings is 1. The smallest absolute Gasteiger partial charge is 0.321 e. The monoisotopic (exact) mass is 437 g/mol. The highest BCUT2D eigenvalue weighted by molar-refractivity contribution is 6.03. The number of amidine groups is 1. The second-order valence-corrected chi connectivity index (χ2v) is 7.62. The van der Waals surface area contributed by atoms with Gasteiger partial charge in [0.2, 0.25) is 0 Å². The lowest BCUT2D eigenvalue weighted by atomic mass is 10.0. The summed E-state index contributed by atoms with van der Waals surface area (Å²) in [6.07, 6.45) is 9.20. The standard InChI is InChI=1S/C13H15N5.C11H20N2O/c1-9-4-6-10(7-5-9)12-11(3-2-8-16-12)13(17-14)18-15;1-3-5-7-10-9-13(8-6-4-2)11(14)12-10/h2-8H,14-15H2,1H3,(H,17,18);9H,3-8H2,1-2H3,(H,12,14). The molecule has 0 amide bonds. The van der Waals surface area contributed by atoms with Gasteiger partial charge in [0.15, 0.2) is 5.84 Å². The first-order valence-corrected chi connectivity index (χ1v) is 11.1. The van der Waals surface area contributed by atoms with Crippen molar-refractivity contribution in [2.75, 3.05) is 0 Å². The molecule has 0 radical (unpaired) electrons. The zero-order valence-electron chi connectivity index (χ0n) is 19.3. The van der Waals surface area contributed by atoms with Crippen LogP contribution in [0, 0.1) is 6.92 Å². The molecule has 2 aromatic heterocycles. The normalized spacial score (nSPS) is 11.1. The molecule has 6 N–H and O–H groups in total. The van der Waals surface area contributed by atoms with Crippen LogP contribution in [0.2, 0.25) is 0 Å². The number of benzene rings is 1. The Morgan fingerprint density at radius 3 is 2.50 bits per heavy atom. The Balaban J connectivity index is 0.000000235. The molecule has 0 aliphatic carbocycles. The summed E-state index contributed by atoms with van der Waals surface area (Å²) in [6.45, 7) is 7.18. The van der Waals surface area contributed by atoms with Crippen molar-refractivity contribution in [1.29, 1.82) is 0 Å². The lowest BCUT2D eigenvalue weighted by Gasteiger charge is -2.10. The molecule has 8 nitrogen and oxygen atoms in total. The topological polar surface area (TPSA) is 127 Å². The molecule has 0 unspecified atom stereocenters. The highest BCUT2D eigenvalue weighted by Crippen LogP contribution is 2.21. The molecule has 3 aromatic rings. The van der Waals surface area contributed by atoms with Crippen molar-refractivity contribution >= 4 is 5.84 Å². The molecular formula is C24H35N7O. The van der Waals surface area contributed by atoms with Crippen LogP contribution in [0.25, 0.3) is 11.3 Å². The molecule has 0 saturated heterocycles. The zero-order valence-corrected chi connectivity index (χ0v) is 19.3. The molecule has 32 heavy (non-hydrogen) atoms. The first kappa shape index (κ1) is 24.9. The number of aryl methyl sites for hydroxylation is 3. The van der Waals surface area contributed by atoms with Gasteiger partial charge in [0.25, 0.3) is 0 Å². The third-order valence-electron chi connectivity index (χ3n) is 5.05. The minimum absolute atomic E-state index is 0.0459. The SMILES string of the molecule is CCCCc1cn(CCCC)c(=O)[nH]1.Cc1ccc(-c2ncccc2/C(=N/N)NN)cc1. The number of aromatic amines is 1. The lowest BCUT2D eigenvalue weighted by molar-refractivity contribution is 0.614. The van der Waals surface area contributed by atoms with E-state index in [1.165, 1.54) is 12.0 Å². The molecule has 0 spiro atoms. The van der Waals surface area contributed by atoms with Crippen LogP contribution in [0.15, 0.2) is 58.7 Å². The highest BCUT2D eigenvalue weighted by atomic mass is 16.1. The highest BCUT2D eigenvalue weighted by Gasteiger charge is 2.10. The van der Waals surface area contributed by atoms with Crippen molar-refractivity contribution in [3.8, 4) is 11.3 Å². The predicted molar refractivity (Wildman–Crippen MR) is 131 cm³/mol. The second-order valence-electron chi connectivity index (χ2n) is 7.62. The molecule has 8 heteroatoms. The average Bonchev–Trinajstić information content (AvgIpc) is 3.17. The van der Waals surface area contributed by atoms with Crippen LogP contribution in [0.1, 0.15) is 56.4 Å². The summed E-state index contributed by atoms with van der Waals surface area (Å²) in [4.78, 5) is 18.7. The largest absolute Gasteiger partial charge is 0.325 e. The Labute approximate surface area is 189 Å². The molecule has 0 aliphatic rings. The van der Waals surface area contributed by atoms with E-state index in [2.05, 4.69) is 34.3 Å². The first-order chi connectivity index (χ1) is 15.5. The zero-order chi connectivity index (χ0) is 23.3. The van der Waals surface area contributed by atoms with E-state index in [9.17, 15) is 4.79 Å². The number of aromatic nitrogens is 3. The van der Waals surface area contributed by atoms with Crippen LogP contribution in [0.4, 0.5) is 0 Å². The summed E-state index contributed by atoms with van der Waals surface area (Å²) in [5.41, 5.74) is 7.35. The molecule has 0 bridgehead atoms. The number of hydrogen-bond donors (Lipinski definition) is 4. The van der Waals surface area contributed by atoms with Gasteiger partial charge in [-0.2, -0.15) is 5.10 Å². The van der Waals surface area contributed by atoms with Gasteiger partial charge in [-0.3, -0.25) is 9.55 Å². The van der Waals surface area contributed by atoms with Gasteiger partial charge in [0.1, 0.15) is 0 Å². The van der Waals surface area contributed by atoms with Crippen LogP contribution in [0.3, 0.4) is 0 Å². The molecular weight excluding hydrogens is 402 g/mol. The van der Waals surface area contributed by atoms with E-state index < -0.39 is 0 Å². The number of nitrogens with zero attached hydrogens (tertiary/aromatic N) is 3. The number of hydrazone groups is 1. The Kier molecular flexibility index (Phi) is 10.2. The van der Waals surface area contributed by atoms with Gasteiger partial charge >= 0.3 is 5.69 Å². The van der Waals surface area contributed by atoms with Gasteiger partial charge < -0.3 is 16.3 Å². The minimum Gasteiger partial charge on any atom is -0.321 e. The van der Waals surface area contributed by atoms with Gasteiger partial charge in [0.05, 0.1) is 5.69 Å². The summed E-state index contributed by atoms with van der Waals surface area (Å²) in [5, 5.41) is 3.62. The fourth-order valence-corrected chi connectivity index (χ4v) is 3.20. The van der Waals surface area contributed by atoms with E-state index >= 15 is 0 Å². The van der Waals surface area contributed by atoms with E-state index in [1.807, 2.05) is 49.5 Å². The maximum atomic E-state index is 11.4. The van der Waals surface area contributed by atoms with Crippen LogP contribution in [-0.4, -0.2) is 20.4 Å². The lowest BCUT2D eigenvalue weighted by Crippen LogP contribution is -2.32. The molecule has 2 heterocycles. The number of nitrogens with one attached hydrogen (secondary N) is 2. The van der Waals surface area contributed by atoms with Gasteiger partial charge in [-0.1, -0.05) is 56.5 Å². The number of unbranched alkanes of at least 4 members (excludes halogenated alkanes) is 2. The summed E-state index contributed by atoms with van der Waals surface area (Å²) in [5.74, 6) is 11.1. The van der Waals surface area contributed by atoms with E-state index in [-0.39, 0.29) is 5.69 Å². The van der Waals surface area contributed by atoms with Crippen LogP contribution < -0.4 is 22.8 Å². The fourth-order valence-electron chi connectivity index (χ4n) is 3.20. The van der Waals surface area contributed by atoms with Gasteiger partial charge in [-0.15, -0.1) is 0 Å². The van der Waals surface area contributed by atoms with Crippen LogP contribution in [-0.2, 0) is 13.0 Å². The summed E-state index contributed by atoms with van der Waals surface area (Å²) in [6, 6.07) is 11.8. The Morgan fingerprint density at radius 1 is 1.16 bits per heavy atom. The third-order valence-corrected chi connectivity index (χ3v) is 5.05. The minimum atomic E-state index is 0.0459. The van der Waals surface area contributed by atoms with Crippen molar-refractivity contribution < 1.29 is 0 Å². The molecule has 3 rings (SSSR count). The first-order valence-electron chi connectivity index (χ1n) is 11.1. The maximum Gasteiger partial charge on any atom is 0.325 e. The number of imidazole rings is 1. The van der Waals surface area contributed by atoms with Crippen molar-refractivity contribution in [1.82, 2.24) is 20.0 Å². The Morgan fingerprint density at radius 2 is 1.88 bits per heavy atom. The predicted octanol–water partition coefficient (Wildman–Crippen LogP) is 3.46. The van der Waals surface area contributed by atoms with Crippen molar-refractivity contribution in [3.63, 3.8) is 0 Å². The van der Waals surface area contributed by atoms with Crippen LogP contribution >= 0.6 is 0 Å². The molecule has 0 saturated carbocycles. The third kappa shape index (κ3) is 7.09. The fraction of sp³-hybridized carbons (Fsp3) is 0.375. The quantitative estimate of drug-likeness (QED) is 0.186. The van der Waals surface area contributed by atoms with E-state index in [0.29, 0.717) is 5.84 Å². The van der Waals surface area contributed by atoms with Gasteiger partial charge in [-0.05, 0) is 38.3 Å². The molecule has 0 fully saturated rings.